The van der Waals surface area contributed by atoms with Gasteiger partial charge in [0.25, 0.3) is 5.91 Å². The second kappa shape index (κ2) is 8.77. The average molecular weight is 387 g/mol. The fraction of sp³-hybridized carbons (Fsp3) is 0.409. The zero-order valence-electron chi connectivity index (χ0n) is 16.3. The third-order valence-electron chi connectivity index (χ3n) is 5.16. The Labute approximate surface area is 166 Å². The van der Waals surface area contributed by atoms with E-state index in [1.165, 1.54) is 11.1 Å². The fourth-order valence-corrected chi connectivity index (χ4v) is 3.51. The van der Waals surface area contributed by atoms with Gasteiger partial charge >= 0.3 is 0 Å². The molecule has 1 fully saturated rings. The Balaban J connectivity index is 1.48. The van der Waals surface area contributed by atoms with Gasteiger partial charge in [-0.3, -0.25) is 9.69 Å². The highest BCUT2D eigenvalue weighted by atomic mass is 35.5. The summed E-state index contributed by atoms with van der Waals surface area (Å²) in [5.74, 6) is 0.863. The zero-order chi connectivity index (χ0) is 19.4. The van der Waals surface area contributed by atoms with E-state index in [4.69, 9.17) is 16.3 Å². The lowest BCUT2D eigenvalue weighted by Gasteiger charge is -2.34. The molecule has 1 aliphatic heterocycles. The van der Waals surface area contributed by atoms with Gasteiger partial charge in [0.1, 0.15) is 5.75 Å². The lowest BCUT2D eigenvalue weighted by Crippen LogP contribution is -2.49. The largest absolute Gasteiger partial charge is 0.483 e. The number of carbonyl (C=O) groups is 1. The van der Waals surface area contributed by atoms with Crippen molar-refractivity contribution < 1.29 is 9.53 Å². The maximum Gasteiger partial charge on any atom is 0.260 e. The first-order valence-corrected chi connectivity index (χ1v) is 9.75. The van der Waals surface area contributed by atoms with E-state index < -0.39 is 0 Å². The van der Waals surface area contributed by atoms with Crippen molar-refractivity contribution in [3.63, 3.8) is 0 Å². The van der Waals surface area contributed by atoms with Gasteiger partial charge in [-0.1, -0.05) is 29.8 Å². The van der Waals surface area contributed by atoms with E-state index in [0.29, 0.717) is 0 Å². The van der Waals surface area contributed by atoms with Crippen molar-refractivity contribution in [2.24, 2.45) is 0 Å². The molecule has 1 saturated heterocycles. The predicted molar refractivity (Wildman–Crippen MR) is 109 cm³/mol. The second-order valence-corrected chi connectivity index (χ2v) is 7.71. The van der Waals surface area contributed by atoms with Crippen LogP contribution >= 0.6 is 11.6 Å². The summed E-state index contributed by atoms with van der Waals surface area (Å²) in [5, 5.41) is 0.758. The standard InChI is InChI=1S/C22H27ClN2O2/c1-16-12-17(2)18(3)21(13-16)27-15-22(26)25-10-8-24(9-11-25)14-19-4-6-20(23)7-5-19/h4-7,12-13H,8-11,14-15H2,1-3H3. The number of aryl methyl sites for hydroxylation is 2. The molecule has 3 rings (SSSR count). The van der Waals surface area contributed by atoms with Gasteiger partial charge in [0.05, 0.1) is 0 Å². The van der Waals surface area contributed by atoms with Crippen LogP contribution in [0.2, 0.25) is 5.02 Å². The highest BCUT2D eigenvalue weighted by molar-refractivity contribution is 6.30. The lowest BCUT2D eigenvalue weighted by atomic mass is 10.1. The maximum atomic E-state index is 12.5. The Kier molecular flexibility index (Phi) is 6.40. The highest BCUT2D eigenvalue weighted by Crippen LogP contribution is 2.23. The molecule has 0 spiro atoms. The van der Waals surface area contributed by atoms with Crippen molar-refractivity contribution in [1.29, 1.82) is 0 Å². The van der Waals surface area contributed by atoms with Gasteiger partial charge in [0.2, 0.25) is 0 Å². The summed E-state index contributed by atoms with van der Waals surface area (Å²) < 4.78 is 5.83. The van der Waals surface area contributed by atoms with Gasteiger partial charge in [0, 0.05) is 37.7 Å². The van der Waals surface area contributed by atoms with E-state index >= 15 is 0 Å². The number of ether oxygens (including phenoxy) is 1. The summed E-state index contributed by atoms with van der Waals surface area (Å²) in [5.41, 5.74) is 4.68. The number of hydrogen-bond acceptors (Lipinski definition) is 3. The van der Waals surface area contributed by atoms with Crippen LogP contribution in [0.3, 0.4) is 0 Å². The van der Waals surface area contributed by atoms with Gasteiger partial charge < -0.3 is 9.64 Å². The van der Waals surface area contributed by atoms with E-state index in [-0.39, 0.29) is 12.5 Å². The number of piperazine rings is 1. The van der Waals surface area contributed by atoms with Gasteiger partial charge in [-0.25, -0.2) is 0 Å². The zero-order valence-corrected chi connectivity index (χ0v) is 17.1. The van der Waals surface area contributed by atoms with Crippen molar-refractivity contribution in [3.8, 4) is 5.75 Å². The van der Waals surface area contributed by atoms with E-state index in [9.17, 15) is 4.79 Å². The van der Waals surface area contributed by atoms with Crippen LogP contribution in [0.15, 0.2) is 36.4 Å². The van der Waals surface area contributed by atoms with Crippen LogP contribution < -0.4 is 4.74 Å². The number of amides is 1. The monoisotopic (exact) mass is 386 g/mol. The molecular weight excluding hydrogens is 360 g/mol. The topological polar surface area (TPSA) is 32.8 Å². The van der Waals surface area contributed by atoms with Crippen LogP contribution in [0.1, 0.15) is 22.3 Å². The fourth-order valence-electron chi connectivity index (χ4n) is 3.38. The molecule has 5 heteroatoms. The Morgan fingerprint density at radius 3 is 2.37 bits per heavy atom. The van der Waals surface area contributed by atoms with Crippen molar-refractivity contribution in [1.82, 2.24) is 9.80 Å². The third kappa shape index (κ3) is 5.24. The molecule has 0 bridgehead atoms. The van der Waals surface area contributed by atoms with Crippen LogP contribution in [0.25, 0.3) is 0 Å². The van der Waals surface area contributed by atoms with Gasteiger partial charge in [-0.05, 0) is 61.2 Å². The molecule has 0 radical (unpaired) electrons. The van der Waals surface area contributed by atoms with Crippen LogP contribution in [0.5, 0.6) is 5.75 Å². The van der Waals surface area contributed by atoms with Gasteiger partial charge in [0.15, 0.2) is 6.61 Å². The molecule has 1 aliphatic rings. The molecule has 27 heavy (non-hydrogen) atoms. The van der Waals surface area contributed by atoms with Crippen LogP contribution in [-0.2, 0) is 11.3 Å². The molecule has 0 aliphatic carbocycles. The molecule has 0 N–H and O–H groups in total. The summed E-state index contributed by atoms with van der Waals surface area (Å²) in [7, 11) is 0. The first-order valence-electron chi connectivity index (χ1n) is 9.37. The number of rotatable bonds is 5. The van der Waals surface area contributed by atoms with Crippen molar-refractivity contribution in [2.45, 2.75) is 27.3 Å². The predicted octanol–water partition coefficient (Wildman–Crippen LogP) is 3.99. The molecule has 2 aromatic carbocycles. The SMILES string of the molecule is Cc1cc(C)c(C)c(OCC(=O)N2CCN(Cc3ccc(Cl)cc3)CC2)c1. The minimum absolute atomic E-state index is 0.0553. The molecule has 144 valence electrons. The van der Waals surface area contributed by atoms with E-state index in [0.717, 1.165) is 54.6 Å². The number of benzene rings is 2. The minimum Gasteiger partial charge on any atom is -0.483 e. The smallest absolute Gasteiger partial charge is 0.260 e. The van der Waals surface area contributed by atoms with E-state index in [1.54, 1.807) is 0 Å². The summed E-state index contributed by atoms with van der Waals surface area (Å²) in [6, 6.07) is 12.1. The summed E-state index contributed by atoms with van der Waals surface area (Å²) in [6.07, 6.45) is 0. The highest BCUT2D eigenvalue weighted by Gasteiger charge is 2.21. The van der Waals surface area contributed by atoms with Crippen LogP contribution in [0.4, 0.5) is 0 Å². The molecule has 2 aromatic rings. The number of hydrogen-bond donors (Lipinski definition) is 0. The average Bonchev–Trinajstić information content (AvgIpc) is 2.65. The third-order valence-corrected chi connectivity index (χ3v) is 5.41. The van der Waals surface area contributed by atoms with Crippen LogP contribution in [-0.4, -0.2) is 48.5 Å². The molecule has 0 atom stereocenters. The molecule has 1 amide bonds. The Bertz CT molecular complexity index is 797. The summed E-state index contributed by atoms with van der Waals surface area (Å²) in [4.78, 5) is 16.8. The maximum absolute atomic E-state index is 12.5. The Hall–Kier alpha value is -2.04. The first kappa shape index (κ1) is 19.7. The van der Waals surface area contributed by atoms with E-state index in [1.807, 2.05) is 36.9 Å². The normalized spacial score (nSPS) is 15.0. The number of halogens is 1. The lowest BCUT2D eigenvalue weighted by molar-refractivity contribution is -0.135. The molecule has 0 saturated carbocycles. The van der Waals surface area contributed by atoms with Crippen LogP contribution in [0, 0.1) is 20.8 Å². The molecular formula is C22H27ClN2O2. The van der Waals surface area contributed by atoms with Gasteiger partial charge in [-0.15, -0.1) is 0 Å². The van der Waals surface area contributed by atoms with Crippen molar-refractivity contribution >= 4 is 17.5 Å². The number of carbonyl (C=O) groups excluding carboxylic acids is 1. The molecule has 1 heterocycles. The number of nitrogens with zero attached hydrogens (tertiary/aromatic N) is 2. The summed E-state index contributed by atoms with van der Waals surface area (Å²) in [6.45, 7) is 10.3. The van der Waals surface area contributed by atoms with Gasteiger partial charge in [-0.2, -0.15) is 0 Å². The Morgan fingerprint density at radius 1 is 1.04 bits per heavy atom. The molecule has 0 unspecified atom stereocenters. The Morgan fingerprint density at radius 2 is 1.70 bits per heavy atom. The quantitative estimate of drug-likeness (QED) is 0.778. The minimum atomic E-state index is 0.0553. The van der Waals surface area contributed by atoms with Crippen molar-refractivity contribution in [2.75, 3.05) is 32.8 Å². The molecule has 4 nitrogen and oxygen atoms in total. The van der Waals surface area contributed by atoms with E-state index in [2.05, 4.69) is 30.0 Å². The molecule has 0 aromatic heterocycles. The summed E-state index contributed by atoms with van der Waals surface area (Å²) >= 11 is 5.94. The van der Waals surface area contributed by atoms with Crippen molar-refractivity contribution in [3.05, 3.63) is 63.7 Å². The first-order chi connectivity index (χ1) is 12.9. The second-order valence-electron chi connectivity index (χ2n) is 7.28.